The summed E-state index contributed by atoms with van der Waals surface area (Å²) in [4.78, 5) is 10.3. The largest absolute Gasteiger partial charge is 0.269 e. The third-order valence-corrected chi connectivity index (χ3v) is 5.09. The van der Waals surface area contributed by atoms with Gasteiger partial charge in [-0.1, -0.05) is 53.7 Å². The third kappa shape index (κ3) is 3.65. The van der Waals surface area contributed by atoms with Gasteiger partial charge in [-0.15, -0.1) is 10.2 Å². The number of nitrogens with zero attached hydrogens (tertiary/aromatic N) is 5. The van der Waals surface area contributed by atoms with E-state index < -0.39 is 4.92 Å². The molecule has 8 heteroatoms. The van der Waals surface area contributed by atoms with Crippen LogP contribution >= 0.6 is 11.8 Å². The Morgan fingerprint density at radius 2 is 1.74 bits per heavy atom. The van der Waals surface area contributed by atoms with Crippen molar-refractivity contribution in [3.05, 3.63) is 81.9 Å². The smallest absolute Gasteiger partial charge is 0.258 e. The summed E-state index contributed by atoms with van der Waals surface area (Å²) in [6.07, 6.45) is 0. The molecule has 2 aromatic heterocycles. The van der Waals surface area contributed by atoms with Gasteiger partial charge in [0.2, 0.25) is 5.16 Å². The van der Waals surface area contributed by atoms with Crippen molar-refractivity contribution in [1.82, 2.24) is 19.8 Å². The quantitative estimate of drug-likeness (QED) is 0.293. The average molecular weight is 377 g/mol. The van der Waals surface area contributed by atoms with Crippen molar-refractivity contribution < 1.29 is 4.92 Å². The summed E-state index contributed by atoms with van der Waals surface area (Å²) in [6, 6.07) is 18.5. The zero-order chi connectivity index (χ0) is 18.8. The van der Waals surface area contributed by atoms with Crippen molar-refractivity contribution in [2.75, 3.05) is 0 Å². The van der Waals surface area contributed by atoms with Gasteiger partial charge in [0, 0.05) is 23.4 Å². The molecule has 0 amide bonds. The first-order valence-corrected chi connectivity index (χ1v) is 9.24. The van der Waals surface area contributed by atoms with Crippen LogP contribution in [-0.4, -0.2) is 24.7 Å². The van der Waals surface area contributed by atoms with E-state index >= 15 is 0 Å². The maximum absolute atomic E-state index is 10.7. The van der Waals surface area contributed by atoms with Gasteiger partial charge < -0.3 is 0 Å². The second-order valence-corrected chi connectivity index (χ2v) is 6.99. The van der Waals surface area contributed by atoms with Gasteiger partial charge >= 0.3 is 0 Å². The second-order valence-electron chi connectivity index (χ2n) is 6.05. The lowest BCUT2D eigenvalue weighted by atomic mass is 10.1. The summed E-state index contributed by atoms with van der Waals surface area (Å²) in [5.41, 5.74) is 4.81. The van der Waals surface area contributed by atoms with Crippen LogP contribution in [0.5, 0.6) is 0 Å². The zero-order valence-electron chi connectivity index (χ0n) is 14.4. The number of aryl methyl sites for hydroxylation is 1. The first kappa shape index (κ1) is 17.2. The van der Waals surface area contributed by atoms with Gasteiger partial charge in [0.1, 0.15) is 0 Å². The van der Waals surface area contributed by atoms with E-state index in [1.54, 1.807) is 16.6 Å². The van der Waals surface area contributed by atoms with Gasteiger partial charge in [0.25, 0.3) is 5.69 Å². The maximum atomic E-state index is 10.7. The van der Waals surface area contributed by atoms with Crippen molar-refractivity contribution in [2.45, 2.75) is 17.8 Å². The van der Waals surface area contributed by atoms with Gasteiger partial charge in [0.05, 0.1) is 10.6 Å². The molecule has 4 rings (SSSR count). The molecule has 0 saturated carbocycles. The van der Waals surface area contributed by atoms with Crippen molar-refractivity contribution >= 4 is 23.1 Å². The molecule has 0 saturated heterocycles. The average Bonchev–Trinajstić information content (AvgIpc) is 3.09. The molecule has 0 bridgehead atoms. The minimum atomic E-state index is -0.403. The number of non-ortho nitro benzene ring substituents is 1. The van der Waals surface area contributed by atoms with Crippen molar-refractivity contribution in [3.8, 4) is 11.3 Å². The Bertz CT molecular complexity index is 1110. The SMILES string of the molecule is Cc1ccc(-c2ccc3nnc(SCc4ccc([N+](=O)[O-])cc4)n3n2)cc1. The van der Waals surface area contributed by atoms with Crippen LogP contribution in [0.25, 0.3) is 16.9 Å². The van der Waals surface area contributed by atoms with Crippen LogP contribution in [0, 0.1) is 17.0 Å². The molecular formula is C19H15N5O2S. The van der Waals surface area contributed by atoms with E-state index in [1.807, 2.05) is 31.2 Å². The van der Waals surface area contributed by atoms with E-state index in [-0.39, 0.29) is 5.69 Å². The number of thioether (sulfide) groups is 1. The fraction of sp³-hybridized carbons (Fsp3) is 0.105. The monoisotopic (exact) mass is 377 g/mol. The molecule has 0 aliphatic carbocycles. The number of rotatable bonds is 5. The molecule has 27 heavy (non-hydrogen) atoms. The Balaban J connectivity index is 1.57. The summed E-state index contributed by atoms with van der Waals surface area (Å²) in [7, 11) is 0. The maximum Gasteiger partial charge on any atom is 0.269 e. The Morgan fingerprint density at radius 3 is 2.44 bits per heavy atom. The molecular weight excluding hydrogens is 362 g/mol. The number of hydrogen-bond acceptors (Lipinski definition) is 6. The fourth-order valence-corrected chi connectivity index (χ4v) is 3.44. The molecule has 0 spiro atoms. The summed E-state index contributed by atoms with van der Waals surface area (Å²) >= 11 is 1.49. The predicted molar refractivity (Wildman–Crippen MR) is 104 cm³/mol. The number of aromatic nitrogens is 4. The molecule has 0 N–H and O–H groups in total. The molecule has 0 atom stereocenters. The summed E-state index contributed by atoms with van der Waals surface area (Å²) in [5, 5.41) is 24.5. The number of nitro benzene ring substituents is 1. The third-order valence-electron chi connectivity index (χ3n) is 4.10. The van der Waals surface area contributed by atoms with E-state index in [0.29, 0.717) is 16.6 Å². The first-order valence-electron chi connectivity index (χ1n) is 8.26. The zero-order valence-corrected chi connectivity index (χ0v) is 15.3. The number of hydrogen-bond donors (Lipinski definition) is 0. The molecule has 4 aromatic rings. The second kappa shape index (κ2) is 7.16. The Hall–Kier alpha value is -3.26. The van der Waals surface area contributed by atoms with Crippen LogP contribution in [0.3, 0.4) is 0 Å². The minimum absolute atomic E-state index is 0.0843. The van der Waals surface area contributed by atoms with Crippen LogP contribution in [-0.2, 0) is 5.75 Å². The van der Waals surface area contributed by atoms with Crippen molar-refractivity contribution in [2.24, 2.45) is 0 Å². The number of benzene rings is 2. The summed E-state index contributed by atoms with van der Waals surface area (Å²) < 4.78 is 1.73. The Morgan fingerprint density at radius 1 is 1.00 bits per heavy atom. The Kier molecular flexibility index (Phi) is 4.55. The lowest BCUT2D eigenvalue weighted by Gasteiger charge is -2.04. The van der Waals surface area contributed by atoms with E-state index in [4.69, 9.17) is 0 Å². The highest BCUT2D eigenvalue weighted by molar-refractivity contribution is 7.98. The predicted octanol–water partition coefficient (Wildman–Crippen LogP) is 4.30. The normalized spacial score (nSPS) is 11.0. The van der Waals surface area contributed by atoms with Crippen LogP contribution in [0.2, 0.25) is 0 Å². The van der Waals surface area contributed by atoms with Gasteiger partial charge in [-0.25, -0.2) is 0 Å². The molecule has 2 heterocycles. The van der Waals surface area contributed by atoms with Crippen LogP contribution in [0.4, 0.5) is 5.69 Å². The van der Waals surface area contributed by atoms with E-state index in [1.165, 1.54) is 29.5 Å². The topological polar surface area (TPSA) is 86.2 Å². The molecule has 0 radical (unpaired) electrons. The van der Waals surface area contributed by atoms with Crippen molar-refractivity contribution in [3.63, 3.8) is 0 Å². The molecule has 134 valence electrons. The molecule has 0 aliphatic heterocycles. The number of nitro groups is 1. The van der Waals surface area contributed by atoms with Gasteiger partial charge in [0.15, 0.2) is 5.65 Å². The van der Waals surface area contributed by atoms with Crippen LogP contribution in [0.15, 0.2) is 65.8 Å². The highest BCUT2D eigenvalue weighted by Gasteiger charge is 2.10. The summed E-state index contributed by atoms with van der Waals surface area (Å²) in [5.74, 6) is 0.620. The molecule has 0 fully saturated rings. The molecule has 7 nitrogen and oxygen atoms in total. The minimum Gasteiger partial charge on any atom is -0.258 e. The van der Waals surface area contributed by atoms with Crippen LogP contribution in [0.1, 0.15) is 11.1 Å². The molecule has 2 aromatic carbocycles. The molecule has 0 unspecified atom stereocenters. The van der Waals surface area contributed by atoms with Gasteiger partial charge in [-0.3, -0.25) is 10.1 Å². The standard InChI is InChI=1S/C19H15N5O2S/c1-13-2-6-15(7-3-13)17-10-11-18-20-21-19(23(18)22-17)27-12-14-4-8-16(9-5-14)24(25)26/h2-11H,12H2,1H3. The highest BCUT2D eigenvalue weighted by atomic mass is 32.2. The van der Waals surface area contributed by atoms with Gasteiger partial charge in [-0.05, 0) is 24.6 Å². The molecule has 0 aliphatic rings. The van der Waals surface area contributed by atoms with Gasteiger partial charge in [-0.2, -0.15) is 9.61 Å². The highest BCUT2D eigenvalue weighted by Crippen LogP contribution is 2.24. The fourth-order valence-electron chi connectivity index (χ4n) is 2.60. The number of fused-ring (bicyclic) bond motifs is 1. The van der Waals surface area contributed by atoms with E-state index in [2.05, 4.69) is 27.4 Å². The van der Waals surface area contributed by atoms with Crippen molar-refractivity contribution in [1.29, 1.82) is 0 Å². The van der Waals surface area contributed by atoms with E-state index in [9.17, 15) is 10.1 Å². The first-order chi connectivity index (χ1) is 13.1. The lowest BCUT2D eigenvalue weighted by Crippen LogP contribution is -1.96. The Labute approximate surface area is 159 Å². The van der Waals surface area contributed by atoms with E-state index in [0.717, 1.165) is 16.8 Å². The van der Waals surface area contributed by atoms with Crippen LogP contribution < -0.4 is 0 Å². The lowest BCUT2D eigenvalue weighted by molar-refractivity contribution is -0.384. The summed E-state index contributed by atoms with van der Waals surface area (Å²) in [6.45, 7) is 2.05.